The number of benzene rings is 1. The Morgan fingerprint density at radius 2 is 2.03 bits per heavy atom. The van der Waals surface area contributed by atoms with Crippen LogP contribution in [-0.2, 0) is 26.1 Å². The Kier molecular flexibility index (Phi) is 7.73. The molecule has 1 amide bonds. The van der Waals surface area contributed by atoms with Gasteiger partial charge < -0.3 is 26.6 Å². The standard InChI is InChI=1S/C17H21N7O7S/c1-10-7-11(8-14(25)20-5-6-31-22-17(18)19)15(16(26)21-10)23-32(29,30)13-4-2-3-12(9-13)24(27)28/h2-4,7,9,23H,5-6,8H2,1H3,(H,20,25)(H,21,26)(H4,18,19,22). The number of aryl methyl sites for hydroxylation is 1. The molecule has 0 spiro atoms. The number of nitro groups is 1. The predicted molar refractivity (Wildman–Crippen MR) is 114 cm³/mol. The topological polar surface area (TPSA) is 225 Å². The van der Waals surface area contributed by atoms with E-state index < -0.39 is 37.0 Å². The van der Waals surface area contributed by atoms with Crippen molar-refractivity contribution >= 4 is 33.3 Å². The van der Waals surface area contributed by atoms with Gasteiger partial charge in [-0.05, 0) is 29.8 Å². The Labute approximate surface area is 181 Å². The molecule has 0 bridgehead atoms. The van der Waals surface area contributed by atoms with Gasteiger partial charge in [0.05, 0.1) is 22.8 Å². The van der Waals surface area contributed by atoms with E-state index in [2.05, 4.69) is 20.2 Å². The average molecular weight is 467 g/mol. The number of aromatic nitrogens is 1. The fourth-order valence-electron chi connectivity index (χ4n) is 2.56. The van der Waals surface area contributed by atoms with Crippen LogP contribution in [0.1, 0.15) is 11.3 Å². The second-order valence-corrected chi connectivity index (χ2v) is 8.10. The molecule has 14 nitrogen and oxygen atoms in total. The molecule has 172 valence electrons. The Balaban J connectivity index is 2.23. The lowest BCUT2D eigenvalue weighted by molar-refractivity contribution is -0.385. The van der Waals surface area contributed by atoms with Crippen molar-refractivity contribution in [1.82, 2.24) is 10.3 Å². The second-order valence-electron chi connectivity index (χ2n) is 6.42. The summed E-state index contributed by atoms with van der Waals surface area (Å²) in [7, 11) is -4.36. The number of hydrogen-bond donors (Lipinski definition) is 5. The molecule has 0 aliphatic rings. The summed E-state index contributed by atoms with van der Waals surface area (Å²) >= 11 is 0. The van der Waals surface area contributed by atoms with Crippen molar-refractivity contribution in [1.29, 1.82) is 0 Å². The lowest BCUT2D eigenvalue weighted by atomic mass is 10.1. The maximum absolute atomic E-state index is 12.7. The number of non-ortho nitro benzene ring substituents is 1. The normalized spacial score (nSPS) is 10.8. The van der Waals surface area contributed by atoms with Gasteiger partial charge in [-0.15, -0.1) is 0 Å². The molecule has 0 fully saturated rings. The van der Waals surface area contributed by atoms with Crippen molar-refractivity contribution in [2.75, 3.05) is 17.9 Å². The zero-order valence-electron chi connectivity index (χ0n) is 16.8. The minimum absolute atomic E-state index is 0.0235. The van der Waals surface area contributed by atoms with Crippen LogP contribution in [0, 0.1) is 17.0 Å². The number of anilines is 1. The van der Waals surface area contributed by atoms with Crippen LogP contribution in [-0.4, -0.2) is 43.3 Å². The van der Waals surface area contributed by atoms with Gasteiger partial charge in [-0.3, -0.25) is 24.4 Å². The highest BCUT2D eigenvalue weighted by Crippen LogP contribution is 2.21. The van der Waals surface area contributed by atoms with Gasteiger partial charge >= 0.3 is 0 Å². The molecule has 1 aromatic carbocycles. The van der Waals surface area contributed by atoms with Gasteiger partial charge in [0.15, 0.2) is 0 Å². The highest BCUT2D eigenvalue weighted by Gasteiger charge is 2.22. The van der Waals surface area contributed by atoms with E-state index in [9.17, 15) is 28.1 Å². The van der Waals surface area contributed by atoms with Crippen molar-refractivity contribution in [2.45, 2.75) is 18.2 Å². The van der Waals surface area contributed by atoms with Crippen LogP contribution >= 0.6 is 0 Å². The number of oxime groups is 1. The van der Waals surface area contributed by atoms with Gasteiger partial charge in [-0.2, -0.15) is 0 Å². The Morgan fingerprint density at radius 3 is 2.69 bits per heavy atom. The third kappa shape index (κ3) is 6.69. The molecule has 2 aromatic rings. The number of rotatable bonds is 10. The maximum atomic E-state index is 12.7. The SMILES string of the molecule is Cc1cc(CC(=O)NCCON=C(N)N)c(NS(=O)(=O)c2cccc([N+](=O)[O-])c2)c(=O)[nH]1. The number of amides is 1. The van der Waals surface area contributed by atoms with Crippen LogP contribution in [0.2, 0.25) is 0 Å². The zero-order valence-corrected chi connectivity index (χ0v) is 17.6. The Bertz CT molecular complexity index is 1200. The summed E-state index contributed by atoms with van der Waals surface area (Å²) in [6, 6.07) is 5.76. The molecule has 0 saturated heterocycles. The summed E-state index contributed by atoms with van der Waals surface area (Å²) in [4.78, 5) is 41.6. The maximum Gasteiger partial charge on any atom is 0.272 e. The van der Waals surface area contributed by atoms with Crippen LogP contribution in [0.15, 0.2) is 45.2 Å². The van der Waals surface area contributed by atoms with Gasteiger partial charge in [-0.1, -0.05) is 6.07 Å². The third-order valence-electron chi connectivity index (χ3n) is 3.86. The Morgan fingerprint density at radius 1 is 1.31 bits per heavy atom. The molecule has 1 aromatic heterocycles. The highest BCUT2D eigenvalue weighted by molar-refractivity contribution is 7.92. The number of carbonyl (C=O) groups excluding carboxylic acids is 1. The zero-order chi connectivity index (χ0) is 23.9. The fraction of sp³-hybridized carbons (Fsp3) is 0.235. The van der Waals surface area contributed by atoms with Gasteiger partial charge in [-0.25, -0.2) is 8.42 Å². The number of carbonyl (C=O) groups is 1. The van der Waals surface area contributed by atoms with E-state index in [1.54, 1.807) is 6.92 Å². The fourth-order valence-corrected chi connectivity index (χ4v) is 3.70. The van der Waals surface area contributed by atoms with E-state index in [0.29, 0.717) is 5.69 Å². The molecule has 7 N–H and O–H groups in total. The monoisotopic (exact) mass is 467 g/mol. The number of guanidine groups is 1. The predicted octanol–water partition coefficient (Wildman–Crippen LogP) is -0.744. The highest BCUT2D eigenvalue weighted by atomic mass is 32.2. The van der Waals surface area contributed by atoms with Crippen molar-refractivity contribution in [2.24, 2.45) is 16.6 Å². The van der Waals surface area contributed by atoms with Crippen LogP contribution in [0.4, 0.5) is 11.4 Å². The lowest BCUT2D eigenvalue weighted by Crippen LogP contribution is -2.30. The van der Waals surface area contributed by atoms with Crippen LogP contribution < -0.4 is 27.1 Å². The van der Waals surface area contributed by atoms with Crippen LogP contribution in [0.5, 0.6) is 0 Å². The molecule has 0 radical (unpaired) electrons. The summed E-state index contributed by atoms with van der Waals surface area (Å²) in [5.41, 5.74) is 9.08. The van der Waals surface area contributed by atoms with E-state index in [4.69, 9.17) is 16.3 Å². The molecule has 0 unspecified atom stereocenters. The average Bonchev–Trinajstić information content (AvgIpc) is 2.70. The van der Waals surface area contributed by atoms with Crippen molar-refractivity contribution in [3.05, 3.63) is 62.1 Å². The Hall–Kier alpha value is -4.14. The first kappa shape index (κ1) is 24.1. The molecule has 15 heteroatoms. The first-order chi connectivity index (χ1) is 15.0. The summed E-state index contributed by atoms with van der Waals surface area (Å²) in [6.07, 6.45) is -0.333. The summed E-state index contributed by atoms with van der Waals surface area (Å²) in [6.45, 7) is 1.58. The minimum Gasteiger partial charge on any atom is -0.391 e. The third-order valence-corrected chi connectivity index (χ3v) is 5.21. The number of nitrogens with one attached hydrogen (secondary N) is 3. The van der Waals surface area contributed by atoms with E-state index in [-0.39, 0.29) is 36.8 Å². The molecule has 0 aliphatic carbocycles. The van der Waals surface area contributed by atoms with Crippen molar-refractivity contribution in [3.63, 3.8) is 0 Å². The van der Waals surface area contributed by atoms with Gasteiger partial charge in [0.25, 0.3) is 21.3 Å². The summed E-state index contributed by atoms with van der Waals surface area (Å²) < 4.78 is 27.5. The number of nitrogens with two attached hydrogens (primary N) is 2. The van der Waals surface area contributed by atoms with Crippen molar-refractivity contribution < 1.29 is 23.0 Å². The molecular weight excluding hydrogens is 446 g/mol. The number of nitro benzene ring substituents is 1. The number of aromatic amines is 1. The van der Waals surface area contributed by atoms with Gasteiger partial charge in [0.2, 0.25) is 11.9 Å². The number of hydrogen-bond acceptors (Lipinski definition) is 8. The second kappa shape index (κ2) is 10.3. The van der Waals surface area contributed by atoms with Crippen LogP contribution in [0.25, 0.3) is 0 Å². The van der Waals surface area contributed by atoms with E-state index in [1.807, 2.05) is 0 Å². The van der Waals surface area contributed by atoms with E-state index in [1.165, 1.54) is 12.1 Å². The van der Waals surface area contributed by atoms with Crippen LogP contribution in [0.3, 0.4) is 0 Å². The first-order valence-electron chi connectivity index (χ1n) is 8.97. The van der Waals surface area contributed by atoms with Gasteiger partial charge in [0.1, 0.15) is 12.3 Å². The first-order valence-corrected chi connectivity index (χ1v) is 10.5. The molecule has 0 aliphatic heterocycles. The molecule has 0 saturated carbocycles. The number of pyridine rings is 1. The van der Waals surface area contributed by atoms with Gasteiger partial charge in [0, 0.05) is 17.8 Å². The minimum atomic E-state index is -4.36. The summed E-state index contributed by atoms with van der Waals surface area (Å²) in [5.74, 6) is -0.810. The largest absolute Gasteiger partial charge is 0.391 e. The number of nitrogens with zero attached hydrogens (tertiary/aromatic N) is 2. The van der Waals surface area contributed by atoms with E-state index in [0.717, 1.165) is 18.2 Å². The molecule has 2 rings (SSSR count). The number of H-pyrrole nitrogens is 1. The molecular formula is C17H21N7O7S. The van der Waals surface area contributed by atoms with E-state index >= 15 is 0 Å². The lowest BCUT2D eigenvalue weighted by Gasteiger charge is -2.13. The number of sulfonamides is 1. The molecule has 0 atom stereocenters. The molecule has 1 heterocycles. The van der Waals surface area contributed by atoms with Crippen molar-refractivity contribution in [3.8, 4) is 0 Å². The smallest absolute Gasteiger partial charge is 0.272 e. The molecule has 32 heavy (non-hydrogen) atoms. The summed E-state index contributed by atoms with van der Waals surface area (Å²) in [5, 5.41) is 16.7. The quantitative estimate of drug-likeness (QED) is 0.0973.